The van der Waals surface area contributed by atoms with Gasteiger partial charge in [0.2, 0.25) is 5.91 Å². The number of carbonyl (C=O) groups excluding carboxylic acids is 1. The summed E-state index contributed by atoms with van der Waals surface area (Å²) in [5, 5.41) is 24.1. The average Bonchev–Trinajstić information content (AvgIpc) is 2.48. The molecule has 7 heteroatoms. The van der Waals surface area contributed by atoms with Gasteiger partial charge in [0.1, 0.15) is 0 Å². The van der Waals surface area contributed by atoms with Gasteiger partial charge >= 0.3 is 11.9 Å². The lowest BCUT2D eigenvalue weighted by molar-refractivity contribution is -0.152. The number of aliphatic carboxylic acids is 2. The zero-order chi connectivity index (χ0) is 17.5. The minimum atomic E-state index is -1.79. The summed E-state index contributed by atoms with van der Waals surface area (Å²) in [4.78, 5) is 28.9. The molecule has 1 aromatic carbocycles. The molecule has 0 radical (unpaired) electrons. The van der Waals surface area contributed by atoms with Gasteiger partial charge in [0.25, 0.3) is 0 Å². The van der Waals surface area contributed by atoms with Gasteiger partial charge in [0, 0.05) is 0 Å². The van der Waals surface area contributed by atoms with E-state index in [9.17, 15) is 14.4 Å². The van der Waals surface area contributed by atoms with E-state index >= 15 is 0 Å². The summed E-state index contributed by atoms with van der Waals surface area (Å²) in [5.41, 5.74) is 5.71. The number of benzene rings is 1. The zero-order valence-corrected chi connectivity index (χ0v) is 11.9. The van der Waals surface area contributed by atoms with E-state index < -0.39 is 30.4 Å². The Morgan fingerprint density at radius 3 is 1.77 bits per heavy atom. The predicted molar refractivity (Wildman–Crippen MR) is 81.8 cm³/mol. The SMILES string of the molecule is C=CC(N)=O.C=Cc1ccccc1.O=C(O)CC(O)C(=O)O. The maximum atomic E-state index is 9.72. The average molecular weight is 309 g/mol. The molecule has 0 aliphatic rings. The summed E-state index contributed by atoms with van der Waals surface area (Å²) in [6.07, 6.45) is 0.345. The number of hydrogen-bond acceptors (Lipinski definition) is 4. The predicted octanol–water partition coefficient (Wildman–Crippen LogP) is 0.894. The summed E-state index contributed by atoms with van der Waals surface area (Å²) >= 11 is 0. The lowest BCUT2D eigenvalue weighted by atomic mass is 10.2. The van der Waals surface area contributed by atoms with Crippen molar-refractivity contribution >= 4 is 23.9 Å². The molecule has 120 valence electrons. The minimum absolute atomic E-state index is 0.481. The summed E-state index contributed by atoms with van der Waals surface area (Å²) in [7, 11) is 0. The van der Waals surface area contributed by atoms with Crippen molar-refractivity contribution in [3.63, 3.8) is 0 Å². The van der Waals surface area contributed by atoms with Gasteiger partial charge in [-0.15, -0.1) is 0 Å². The van der Waals surface area contributed by atoms with E-state index in [0.29, 0.717) is 0 Å². The molecule has 1 rings (SSSR count). The van der Waals surface area contributed by atoms with Crippen molar-refractivity contribution in [3.8, 4) is 0 Å². The number of carboxylic acid groups (broad SMARTS) is 2. The molecule has 1 unspecified atom stereocenters. The molecule has 0 aliphatic carbocycles. The number of rotatable bonds is 5. The molecule has 0 aliphatic heterocycles. The van der Waals surface area contributed by atoms with E-state index in [-0.39, 0.29) is 0 Å². The zero-order valence-electron chi connectivity index (χ0n) is 11.9. The lowest BCUT2D eigenvalue weighted by Crippen LogP contribution is -2.22. The maximum Gasteiger partial charge on any atom is 0.333 e. The third kappa shape index (κ3) is 15.1. The molecule has 0 spiro atoms. The van der Waals surface area contributed by atoms with Crippen LogP contribution < -0.4 is 5.73 Å². The molecule has 0 saturated heterocycles. The van der Waals surface area contributed by atoms with Crippen molar-refractivity contribution in [1.29, 1.82) is 0 Å². The van der Waals surface area contributed by atoms with Crippen LogP contribution in [0.15, 0.2) is 49.6 Å². The van der Waals surface area contributed by atoms with Gasteiger partial charge in [-0.1, -0.05) is 49.6 Å². The highest BCUT2D eigenvalue weighted by atomic mass is 16.4. The van der Waals surface area contributed by atoms with Gasteiger partial charge in [-0.05, 0) is 11.6 Å². The van der Waals surface area contributed by atoms with E-state index in [2.05, 4.69) is 18.9 Å². The highest BCUT2D eigenvalue weighted by molar-refractivity contribution is 5.85. The number of primary amides is 1. The standard InChI is InChI=1S/C8H8.C4H6O5.C3H5NO/c1-2-8-6-4-3-5-7-8;5-2(4(8)9)1-3(6)7;1-2-3(4)5/h2-7H,1H2;2,5H,1H2,(H,6,7)(H,8,9);2H,1H2,(H2,4,5). The van der Waals surface area contributed by atoms with Gasteiger partial charge in [0.15, 0.2) is 6.10 Å². The van der Waals surface area contributed by atoms with E-state index in [4.69, 9.17) is 15.3 Å². The normalized spacial score (nSPS) is 9.68. The molecular weight excluding hydrogens is 290 g/mol. The number of aliphatic hydroxyl groups excluding tert-OH is 1. The first kappa shape index (κ1) is 21.4. The first-order valence-electron chi connectivity index (χ1n) is 5.96. The summed E-state index contributed by atoms with van der Waals surface area (Å²) in [5.74, 6) is -3.33. The number of carboxylic acids is 2. The van der Waals surface area contributed by atoms with Gasteiger partial charge in [-0.3, -0.25) is 9.59 Å². The van der Waals surface area contributed by atoms with Crippen LogP contribution in [0.1, 0.15) is 12.0 Å². The molecule has 0 heterocycles. The largest absolute Gasteiger partial charge is 0.481 e. The number of amides is 1. The molecule has 0 saturated carbocycles. The third-order valence-corrected chi connectivity index (χ3v) is 1.89. The van der Waals surface area contributed by atoms with Crippen molar-refractivity contribution in [2.75, 3.05) is 0 Å². The molecule has 7 nitrogen and oxygen atoms in total. The first-order valence-corrected chi connectivity index (χ1v) is 5.96. The Morgan fingerprint density at radius 1 is 1.14 bits per heavy atom. The van der Waals surface area contributed by atoms with Crippen molar-refractivity contribution in [1.82, 2.24) is 0 Å². The lowest BCUT2D eigenvalue weighted by Gasteiger charge is -1.97. The van der Waals surface area contributed by atoms with Crippen molar-refractivity contribution < 1.29 is 29.7 Å². The fraction of sp³-hybridized carbons (Fsp3) is 0.133. The Hall–Kier alpha value is -2.93. The summed E-state index contributed by atoms with van der Waals surface area (Å²) in [6.45, 7) is 6.72. The fourth-order valence-electron chi connectivity index (χ4n) is 0.842. The van der Waals surface area contributed by atoms with E-state index in [1.807, 2.05) is 36.4 Å². The number of nitrogens with two attached hydrogens (primary N) is 1. The fourth-order valence-corrected chi connectivity index (χ4v) is 0.842. The van der Waals surface area contributed by atoms with Gasteiger partial charge < -0.3 is 21.1 Å². The second kappa shape index (κ2) is 13.1. The van der Waals surface area contributed by atoms with Crippen LogP contribution in [-0.2, 0) is 14.4 Å². The topological polar surface area (TPSA) is 138 Å². The number of carbonyl (C=O) groups is 3. The number of hydrogen-bond donors (Lipinski definition) is 4. The molecule has 0 bridgehead atoms. The van der Waals surface area contributed by atoms with Crippen LogP contribution in [-0.4, -0.2) is 39.3 Å². The Kier molecular flexibility index (Phi) is 12.7. The van der Waals surface area contributed by atoms with Crippen LogP contribution in [0.2, 0.25) is 0 Å². The first-order chi connectivity index (χ1) is 10.2. The van der Waals surface area contributed by atoms with Crippen LogP contribution >= 0.6 is 0 Å². The van der Waals surface area contributed by atoms with Gasteiger partial charge in [-0.25, -0.2) is 4.79 Å². The van der Waals surface area contributed by atoms with Crippen LogP contribution in [0, 0.1) is 0 Å². The highest BCUT2D eigenvalue weighted by Gasteiger charge is 2.16. The molecule has 0 aromatic heterocycles. The van der Waals surface area contributed by atoms with Gasteiger partial charge in [-0.2, -0.15) is 0 Å². The Labute approximate surface area is 128 Å². The molecule has 1 aromatic rings. The summed E-state index contributed by atoms with van der Waals surface area (Å²) < 4.78 is 0. The van der Waals surface area contributed by atoms with E-state index in [1.165, 1.54) is 5.56 Å². The minimum Gasteiger partial charge on any atom is -0.481 e. The van der Waals surface area contributed by atoms with E-state index in [1.54, 1.807) is 0 Å². The van der Waals surface area contributed by atoms with Gasteiger partial charge in [0.05, 0.1) is 6.42 Å². The molecule has 1 atom stereocenters. The molecule has 1 amide bonds. The number of aliphatic hydroxyl groups is 1. The second-order valence-corrected chi connectivity index (χ2v) is 3.67. The van der Waals surface area contributed by atoms with Crippen molar-refractivity contribution in [2.24, 2.45) is 5.73 Å². The molecular formula is C15H19NO6. The van der Waals surface area contributed by atoms with Crippen LogP contribution in [0.5, 0.6) is 0 Å². The van der Waals surface area contributed by atoms with Crippen LogP contribution in [0.25, 0.3) is 6.08 Å². The molecule has 22 heavy (non-hydrogen) atoms. The smallest absolute Gasteiger partial charge is 0.333 e. The van der Waals surface area contributed by atoms with Crippen LogP contribution in [0.4, 0.5) is 0 Å². The van der Waals surface area contributed by atoms with Crippen molar-refractivity contribution in [2.45, 2.75) is 12.5 Å². The maximum absolute atomic E-state index is 9.72. The highest BCUT2D eigenvalue weighted by Crippen LogP contribution is 1.97. The Balaban J connectivity index is 0. The van der Waals surface area contributed by atoms with Crippen molar-refractivity contribution in [3.05, 3.63) is 55.1 Å². The third-order valence-electron chi connectivity index (χ3n) is 1.89. The Bertz CT molecular complexity index is 498. The van der Waals surface area contributed by atoms with Crippen LogP contribution in [0.3, 0.4) is 0 Å². The summed E-state index contributed by atoms with van der Waals surface area (Å²) in [6, 6.07) is 10.0. The Morgan fingerprint density at radius 2 is 1.59 bits per heavy atom. The van der Waals surface area contributed by atoms with E-state index in [0.717, 1.165) is 6.08 Å². The molecule has 0 fully saturated rings. The second-order valence-electron chi connectivity index (χ2n) is 3.67. The quantitative estimate of drug-likeness (QED) is 0.596. The monoisotopic (exact) mass is 309 g/mol. The molecule has 5 N–H and O–H groups in total.